The SMILES string of the molecule is NCc1cc(NS(=O)(=O)C2CCCC2)ccc1F. The van der Waals surface area contributed by atoms with Gasteiger partial charge >= 0.3 is 0 Å². The Balaban J connectivity index is 2.18. The van der Waals surface area contributed by atoms with E-state index in [1.165, 1.54) is 18.2 Å². The molecule has 1 aromatic rings. The van der Waals surface area contributed by atoms with Gasteiger partial charge in [0.2, 0.25) is 10.0 Å². The van der Waals surface area contributed by atoms with Crippen molar-refractivity contribution in [1.29, 1.82) is 0 Å². The predicted octanol–water partition coefficient (Wildman–Crippen LogP) is 1.97. The Morgan fingerprint density at radius 3 is 2.61 bits per heavy atom. The molecule has 0 bridgehead atoms. The van der Waals surface area contributed by atoms with E-state index in [0.717, 1.165) is 12.8 Å². The van der Waals surface area contributed by atoms with Crippen molar-refractivity contribution in [2.24, 2.45) is 5.73 Å². The number of sulfonamides is 1. The third-order valence-corrected chi connectivity index (χ3v) is 5.14. The van der Waals surface area contributed by atoms with Crippen LogP contribution in [0.25, 0.3) is 0 Å². The van der Waals surface area contributed by atoms with Gasteiger partial charge in [0.25, 0.3) is 0 Å². The van der Waals surface area contributed by atoms with Crippen molar-refractivity contribution < 1.29 is 12.8 Å². The Morgan fingerprint density at radius 1 is 1.33 bits per heavy atom. The summed E-state index contributed by atoms with van der Waals surface area (Å²) in [6.45, 7) is 0.0465. The van der Waals surface area contributed by atoms with Crippen LogP contribution < -0.4 is 10.5 Å². The number of nitrogens with one attached hydrogen (secondary N) is 1. The first kappa shape index (κ1) is 13.3. The molecule has 1 aromatic carbocycles. The van der Waals surface area contributed by atoms with E-state index in [0.29, 0.717) is 24.1 Å². The van der Waals surface area contributed by atoms with E-state index in [-0.39, 0.29) is 11.8 Å². The van der Waals surface area contributed by atoms with Crippen LogP contribution in [0.15, 0.2) is 18.2 Å². The van der Waals surface area contributed by atoms with Gasteiger partial charge in [0.1, 0.15) is 5.82 Å². The molecule has 1 fully saturated rings. The van der Waals surface area contributed by atoms with E-state index in [2.05, 4.69) is 4.72 Å². The van der Waals surface area contributed by atoms with Crippen molar-refractivity contribution in [2.45, 2.75) is 37.5 Å². The van der Waals surface area contributed by atoms with E-state index < -0.39 is 15.8 Å². The molecule has 6 heteroatoms. The first-order chi connectivity index (χ1) is 8.53. The highest BCUT2D eigenvalue weighted by atomic mass is 32.2. The summed E-state index contributed by atoms with van der Waals surface area (Å²) in [6.07, 6.45) is 3.28. The van der Waals surface area contributed by atoms with Gasteiger partial charge in [-0.1, -0.05) is 12.8 Å². The molecule has 0 amide bonds. The van der Waals surface area contributed by atoms with Gasteiger partial charge in [0, 0.05) is 17.8 Å². The summed E-state index contributed by atoms with van der Waals surface area (Å²) in [6, 6.07) is 4.09. The Labute approximate surface area is 106 Å². The lowest BCUT2D eigenvalue weighted by atomic mass is 10.2. The molecular weight excluding hydrogens is 255 g/mol. The van der Waals surface area contributed by atoms with Gasteiger partial charge in [-0.05, 0) is 31.0 Å². The fraction of sp³-hybridized carbons (Fsp3) is 0.500. The van der Waals surface area contributed by atoms with Gasteiger partial charge < -0.3 is 5.73 Å². The molecule has 0 heterocycles. The Kier molecular flexibility index (Phi) is 3.87. The first-order valence-corrected chi connectivity index (χ1v) is 7.57. The molecule has 2 rings (SSSR count). The third kappa shape index (κ3) is 2.81. The zero-order chi connectivity index (χ0) is 13.2. The molecule has 0 spiro atoms. The molecule has 0 aliphatic heterocycles. The van der Waals surface area contributed by atoms with E-state index in [4.69, 9.17) is 5.73 Å². The molecule has 4 nitrogen and oxygen atoms in total. The van der Waals surface area contributed by atoms with Crippen molar-refractivity contribution in [2.75, 3.05) is 4.72 Å². The van der Waals surface area contributed by atoms with Gasteiger partial charge in [-0.25, -0.2) is 12.8 Å². The minimum atomic E-state index is -3.36. The quantitative estimate of drug-likeness (QED) is 0.880. The monoisotopic (exact) mass is 272 g/mol. The van der Waals surface area contributed by atoms with E-state index in [1.54, 1.807) is 0 Å². The topological polar surface area (TPSA) is 72.2 Å². The maximum absolute atomic E-state index is 13.2. The van der Waals surface area contributed by atoms with Gasteiger partial charge in [-0.15, -0.1) is 0 Å². The lowest BCUT2D eigenvalue weighted by molar-refractivity contribution is 0.585. The lowest BCUT2D eigenvalue weighted by Crippen LogP contribution is -2.25. The van der Waals surface area contributed by atoms with Crippen LogP contribution in [0.5, 0.6) is 0 Å². The van der Waals surface area contributed by atoms with Crippen LogP contribution >= 0.6 is 0 Å². The van der Waals surface area contributed by atoms with Crippen LogP contribution in [0.4, 0.5) is 10.1 Å². The molecule has 0 saturated heterocycles. The predicted molar refractivity (Wildman–Crippen MR) is 69.1 cm³/mol. The average Bonchev–Trinajstić information content (AvgIpc) is 2.85. The van der Waals surface area contributed by atoms with Crippen molar-refractivity contribution >= 4 is 15.7 Å². The number of hydrogen-bond acceptors (Lipinski definition) is 3. The fourth-order valence-electron chi connectivity index (χ4n) is 2.24. The van der Waals surface area contributed by atoms with Crippen molar-refractivity contribution in [3.63, 3.8) is 0 Å². The highest BCUT2D eigenvalue weighted by Crippen LogP contribution is 2.26. The summed E-state index contributed by atoms with van der Waals surface area (Å²) in [5.41, 5.74) is 6.07. The van der Waals surface area contributed by atoms with Gasteiger partial charge in [0.15, 0.2) is 0 Å². The molecule has 0 atom stereocenters. The van der Waals surface area contributed by atoms with E-state index >= 15 is 0 Å². The Bertz CT molecular complexity index is 525. The summed E-state index contributed by atoms with van der Waals surface area (Å²) in [4.78, 5) is 0. The maximum Gasteiger partial charge on any atom is 0.235 e. The Morgan fingerprint density at radius 2 is 2.00 bits per heavy atom. The number of nitrogens with two attached hydrogens (primary N) is 1. The Hall–Kier alpha value is -1.14. The number of halogens is 1. The van der Waals surface area contributed by atoms with Gasteiger partial charge in [0.05, 0.1) is 5.25 Å². The van der Waals surface area contributed by atoms with Crippen LogP contribution in [0.1, 0.15) is 31.2 Å². The van der Waals surface area contributed by atoms with E-state index in [9.17, 15) is 12.8 Å². The van der Waals surface area contributed by atoms with Crippen LogP contribution in [0.3, 0.4) is 0 Å². The molecular formula is C12H17FN2O2S. The second-order valence-corrected chi connectivity index (χ2v) is 6.52. The van der Waals surface area contributed by atoms with Gasteiger partial charge in [-0.3, -0.25) is 4.72 Å². The summed E-state index contributed by atoms with van der Waals surface area (Å²) < 4.78 is 39.9. The highest BCUT2D eigenvalue weighted by molar-refractivity contribution is 7.93. The molecule has 0 aromatic heterocycles. The minimum absolute atomic E-state index is 0.0465. The highest BCUT2D eigenvalue weighted by Gasteiger charge is 2.28. The molecule has 1 aliphatic rings. The summed E-state index contributed by atoms with van der Waals surface area (Å²) in [7, 11) is -3.36. The maximum atomic E-state index is 13.2. The molecule has 0 unspecified atom stereocenters. The third-order valence-electron chi connectivity index (χ3n) is 3.27. The van der Waals surface area contributed by atoms with Crippen LogP contribution in [-0.2, 0) is 16.6 Å². The number of hydrogen-bond donors (Lipinski definition) is 2. The number of anilines is 1. The van der Waals surface area contributed by atoms with Crippen molar-refractivity contribution in [1.82, 2.24) is 0 Å². The number of rotatable bonds is 4. The zero-order valence-electron chi connectivity index (χ0n) is 10.0. The smallest absolute Gasteiger partial charge is 0.235 e. The average molecular weight is 272 g/mol. The largest absolute Gasteiger partial charge is 0.326 e. The molecule has 100 valence electrons. The van der Waals surface area contributed by atoms with Crippen LogP contribution in [0.2, 0.25) is 0 Å². The minimum Gasteiger partial charge on any atom is -0.326 e. The molecule has 3 N–H and O–H groups in total. The zero-order valence-corrected chi connectivity index (χ0v) is 10.8. The summed E-state index contributed by atoms with van der Waals surface area (Å²) >= 11 is 0. The molecule has 18 heavy (non-hydrogen) atoms. The summed E-state index contributed by atoms with van der Waals surface area (Å²) in [5, 5.41) is -0.330. The molecule has 1 aliphatic carbocycles. The molecule has 0 radical (unpaired) electrons. The number of benzene rings is 1. The second kappa shape index (κ2) is 5.24. The normalized spacial score (nSPS) is 17.0. The van der Waals surface area contributed by atoms with Crippen molar-refractivity contribution in [3.05, 3.63) is 29.6 Å². The fourth-order valence-corrected chi connectivity index (χ4v) is 3.82. The van der Waals surface area contributed by atoms with Gasteiger partial charge in [-0.2, -0.15) is 0 Å². The lowest BCUT2D eigenvalue weighted by Gasteiger charge is -2.14. The summed E-state index contributed by atoms with van der Waals surface area (Å²) in [5.74, 6) is -0.415. The van der Waals surface area contributed by atoms with Crippen LogP contribution in [-0.4, -0.2) is 13.7 Å². The first-order valence-electron chi connectivity index (χ1n) is 6.03. The second-order valence-electron chi connectivity index (χ2n) is 4.56. The van der Waals surface area contributed by atoms with Crippen molar-refractivity contribution in [3.8, 4) is 0 Å². The molecule has 1 saturated carbocycles. The standard InChI is InChI=1S/C12H17FN2O2S/c13-12-6-5-10(7-9(12)8-14)15-18(16,17)11-3-1-2-4-11/h5-7,11,15H,1-4,8,14H2. The van der Waals surface area contributed by atoms with E-state index in [1.807, 2.05) is 0 Å². The van der Waals surface area contributed by atoms with Crippen LogP contribution in [0, 0.1) is 5.82 Å².